The Bertz CT molecular complexity index is 762. The van der Waals surface area contributed by atoms with Crippen LogP contribution in [0.2, 0.25) is 0 Å². The van der Waals surface area contributed by atoms with Crippen molar-refractivity contribution in [1.82, 2.24) is 0 Å². The molecule has 2 unspecified atom stereocenters. The Balaban J connectivity index is 1.33. The number of rotatable bonds is 10. The van der Waals surface area contributed by atoms with Gasteiger partial charge in [0.25, 0.3) is 0 Å². The van der Waals surface area contributed by atoms with Crippen LogP contribution < -0.4 is 0 Å². The summed E-state index contributed by atoms with van der Waals surface area (Å²) in [5.41, 5.74) is 4.44. The summed E-state index contributed by atoms with van der Waals surface area (Å²) in [7, 11) is 0. The Kier molecular flexibility index (Phi) is 5.00. The fraction of sp³-hybridized carbons (Fsp3) is 0.333. The molecular formula is C24H26O3. The van der Waals surface area contributed by atoms with Crippen LogP contribution in [-0.4, -0.2) is 37.6 Å². The van der Waals surface area contributed by atoms with Crippen LogP contribution in [0.4, 0.5) is 0 Å². The molecule has 27 heavy (non-hydrogen) atoms. The summed E-state index contributed by atoms with van der Waals surface area (Å²) in [5, 5.41) is 0. The third kappa shape index (κ3) is 4.22. The molecule has 2 atom stereocenters. The molecule has 140 valence electrons. The summed E-state index contributed by atoms with van der Waals surface area (Å²) in [4.78, 5) is 0. The van der Waals surface area contributed by atoms with Crippen molar-refractivity contribution in [2.45, 2.75) is 24.0 Å². The second-order valence-corrected chi connectivity index (χ2v) is 7.60. The highest BCUT2D eigenvalue weighted by molar-refractivity contribution is 5.53. The first-order chi connectivity index (χ1) is 13.2. The molecule has 3 heteroatoms. The molecule has 0 amide bonds. The Morgan fingerprint density at radius 3 is 1.56 bits per heavy atom. The molecule has 2 aromatic carbocycles. The lowest BCUT2D eigenvalue weighted by Gasteiger charge is -2.18. The van der Waals surface area contributed by atoms with Gasteiger partial charge in [-0.2, -0.15) is 0 Å². The van der Waals surface area contributed by atoms with Crippen LogP contribution in [-0.2, 0) is 27.1 Å². The van der Waals surface area contributed by atoms with Gasteiger partial charge in [-0.25, -0.2) is 0 Å². The van der Waals surface area contributed by atoms with E-state index in [1.807, 2.05) is 24.3 Å². The van der Waals surface area contributed by atoms with Crippen LogP contribution >= 0.6 is 0 Å². The Hall–Kier alpha value is -2.20. The molecule has 3 nitrogen and oxygen atoms in total. The highest BCUT2D eigenvalue weighted by Crippen LogP contribution is 2.36. The third-order valence-corrected chi connectivity index (χ3v) is 5.41. The maximum Gasteiger partial charge on any atom is 0.119 e. The summed E-state index contributed by atoms with van der Waals surface area (Å²) < 4.78 is 17.6. The highest BCUT2D eigenvalue weighted by Gasteiger charge is 2.49. The monoisotopic (exact) mass is 362 g/mol. The predicted molar refractivity (Wildman–Crippen MR) is 109 cm³/mol. The molecule has 2 heterocycles. The van der Waals surface area contributed by atoms with Gasteiger partial charge in [0.2, 0.25) is 0 Å². The van der Waals surface area contributed by atoms with Gasteiger partial charge in [-0.1, -0.05) is 73.8 Å². The molecule has 2 aromatic rings. The normalized spacial score (nSPS) is 25.8. The lowest BCUT2D eigenvalue weighted by Crippen LogP contribution is -2.29. The summed E-state index contributed by atoms with van der Waals surface area (Å²) >= 11 is 0. The van der Waals surface area contributed by atoms with Crippen LogP contribution in [0, 0.1) is 0 Å². The molecule has 0 saturated carbocycles. The van der Waals surface area contributed by atoms with Gasteiger partial charge in [-0.05, 0) is 22.3 Å². The molecule has 0 spiro atoms. The number of hydrogen-bond acceptors (Lipinski definition) is 3. The SMILES string of the molecule is C=Cc1ccccc1CC1(COCC2(Cc3ccccc3C=C)CO2)CO1. The molecule has 2 aliphatic rings. The number of benzene rings is 2. The van der Waals surface area contributed by atoms with Crippen LogP contribution in [0.25, 0.3) is 12.2 Å². The summed E-state index contributed by atoms with van der Waals surface area (Å²) in [5.74, 6) is 0. The van der Waals surface area contributed by atoms with Gasteiger partial charge in [0, 0.05) is 12.8 Å². The van der Waals surface area contributed by atoms with E-state index < -0.39 is 0 Å². The van der Waals surface area contributed by atoms with E-state index >= 15 is 0 Å². The van der Waals surface area contributed by atoms with Crippen LogP contribution in [0.1, 0.15) is 22.3 Å². The first-order valence-corrected chi connectivity index (χ1v) is 9.44. The van der Waals surface area contributed by atoms with Crippen molar-refractivity contribution < 1.29 is 14.2 Å². The van der Waals surface area contributed by atoms with Crippen LogP contribution in [0.15, 0.2) is 61.7 Å². The van der Waals surface area contributed by atoms with E-state index in [0.717, 1.165) is 37.2 Å². The van der Waals surface area contributed by atoms with Gasteiger partial charge in [0.1, 0.15) is 11.2 Å². The maximum absolute atomic E-state index is 6.08. The van der Waals surface area contributed by atoms with Crippen molar-refractivity contribution in [2.24, 2.45) is 0 Å². The zero-order chi connectivity index (χ0) is 18.7. The fourth-order valence-electron chi connectivity index (χ4n) is 3.58. The summed E-state index contributed by atoms with van der Waals surface area (Å²) in [6.45, 7) is 10.5. The predicted octanol–water partition coefficient (Wildman–Crippen LogP) is 4.31. The highest BCUT2D eigenvalue weighted by atomic mass is 16.6. The zero-order valence-electron chi connectivity index (χ0n) is 15.7. The van der Waals surface area contributed by atoms with Crippen molar-refractivity contribution in [2.75, 3.05) is 26.4 Å². The van der Waals surface area contributed by atoms with E-state index in [0.29, 0.717) is 13.2 Å². The summed E-state index contributed by atoms with van der Waals surface area (Å²) in [6.07, 6.45) is 5.50. The van der Waals surface area contributed by atoms with E-state index in [1.165, 1.54) is 11.1 Å². The average molecular weight is 362 g/mol. The van der Waals surface area contributed by atoms with Gasteiger partial charge in [-0.3, -0.25) is 0 Å². The first-order valence-electron chi connectivity index (χ1n) is 9.44. The molecule has 0 aromatic heterocycles. The molecule has 4 rings (SSSR count). The number of hydrogen-bond donors (Lipinski definition) is 0. The molecule has 0 aliphatic carbocycles. The maximum atomic E-state index is 6.08. The first kappa shape index (κ1) is 18.2. The van der Waals surface area contributed by atoms with Crippen molar-refractivity contribution in [3.8, 4) is 0 Å². The van der Waals surface area contributed by atoms with Gasteiger partial charge in [-0.15, -0.1) is 0 Å². The van der Waals surface area contributed by atoms with Gasteiger partial charge >= 0.3 is 0 Å². The quantitative estimate of drug-likeness (QED) is 0.591. The van der Waals surface area contributed by atoms with E-state index in [-0.39, 0.29) is 11.2 Å². The van der Waals surface area contributed by atoms with E-state index in [4.69, 9.17) is 14.2 Å². The standard InChI is InChI=1S/C24H26O3/c1-3-19-9-5-7-11-21(19)13-23(17-26-23)15-25-16-24(18-27-24)14-22-12-8-6-10-20(22)4-2/h3-12H,1-2,13-18H2. The van der Waals surface area contributed by atoms with Gasteiger partial charge in [0.15, 0.2) is 0 Å². The van der Waals surface area contributed by atoms with Crippen molar-refractivity contribution >= 4 is 12.2 Å². The molecule has 0 radical (unpaired) electrons. The molecule has 2 fully saturated rings. The lowest BCUT2D eigenvalue weighted by atomic mass is 9.95. The van der Waals surface area contributed by atoms with Crippen LogP contribution in [0.5, 0.6) is 0 Å². The summed E-state index contributed by atoms with van der Waals surface area (Å²) in [6, 6.07) is 16.6. The molecular weight excluding hydrogens is 336 g/mol. The van der Waals surface area contributed by atoms with Crippen molar-refractivity contribution in [3.05, 3.63) is 83.9 Å². The Labute approximate surface area is 161 Å². The Morgan fingerprint density at radius 1 is 0.778 bits per heavy atom. The number of epoxide rings is 2. The lowest BCUT2D eigenvalue weighted by molar-refractivity contribution is 0.0422. The van der Waals surface area contributed by atoms with E-state index in [2.05, 4.69) is 49.6 Å². The van der Waals surface area contributed by atoms with Gasteiger partial charge in [0.05, 0.1) is 26.4 Å². The molecule has 0 N–H and O–H groups in total. The molecule has 2 saturated heterocycles. The third-order valence-electron chi connectivity index (χ3n) is 5.41. The second kappa shape index (κ2) is 7.43. The largest absolute Gasteiger partial charge is 0.375 e. The topological polar surface area (TPSA) is 34.3 Å². The molecule has 2 aliphatic heterocycles. The minimum absolute atomic E-state index is 0.200. The van der Waals surface area contributed by atoms with E-state index in [1.54, 1.807) is 0 Å². The van der Waals surface area contributed by atoms with Crippen LogP contribution in [0.3, 0.4) is 0 Å². The average Bonchev–Trinajstić information content (AvgIpc) is 3.62. The second-order valence-electron chi connectivity index (χ2n) is 7.60. The van der Waals surface area contributed by atoms with Gasteiger partial charge < -0.3 is 14.2 Å². The zero-order valence-corrected chi connectivity index (χ0v) is 15.7. The minimum Gasteiger partial charge on any atom is -0.375 e. The van der Waals surface area contributed by atoms with E-state index in [9.17, 15) is 0 Å². The molecule has 0 bridgehead atoms. The van der Waals surface area contributed by atoms with Crippen molar-refractivity contribution in [3.63, 3.8) is 0 Å². The number of ether oxygens (including phenoxy) is 3. The smallest absolute Gasteiger partial charge is 0.119 e. The Morgan fingerprint density at radius 2 is 1.19 bits per heavy atom. The van der Waals surface area contributed by atoms with Crippen molar-refractivity contribution in [1.29, 1.82) is 0 Å². The fourth-order valence-corrected chi connectivity index (χ4v) is 3.58. The minimum atomic E-state index is -0.200.